The van der Waals surface area contributed by atoms with Gasteiger partial charge in [0.25, 0.3) is 0 Å². The number of aliphatic hydroxyl groups excluding tert-OH is 2. The van der Waals surface area contributed by atoms with Gasteiger partial charge in [0.05, 0.1) is 45.7 Å². The molecule has 4 aromatic rings. The molecule has 5 rings (SSSR count). The van der Waals surface area contributed by atoms with Crippen LogP contribution in [0.2, 0.25) is 0 Å². The maximum Gasteiger partial charge on any atom is 0.309 e. The summed E-state index contributed by atoms with van der Waals surface area (Å²) in [5.74, 6) is -1.24. The van der Waals surface area contributed by atoms with Crippen LogP contribution in [-0.4, -0.2) is 72.1 Å². The van der Waals surface area contributed by atoms with E-state index in [1.54, 1.807) is 26.8 Å². The SMILES string of the molecule is Cc1nc2cc([C@@H]3CCN(c4ccc([N+](=O)[O-])c5nonc45)CCC[C@H](C)[C@@H](O)[C@@H](C)C(=O)C(C)(C)[C@H](O)CC(=O)O3)ccc2n1C. The number of benzene rings is 2. The number of ether oxygens (including phenoxy) is 1. The first-order valence-electron chi connectivity index (χ1n) is 15.9. The molecule has 5 atom stereocenters. The lowest BCUT2D eigenvalue weighted by Gasteiger charge is -2.35. The van der Waals surface area contributed by atoms with Gasteiger partial charge in [-0.1, -0.05) is 33.8 Å². The number of anilines is 1. The normalized spacial score (nSPS) is 25.3. The molecule has 3 heterocycles. The standard InChI is InChI=1S/C33H42N6O8/c1-18-8-7-14-38(24-11-12-25(39(44)45)30-29(24)35-47-36-30)15-13-26(21-9-10-23-22(16-21)34-20(3)37(23)6)46-28(41)17-27(40)33(4,5)32(43)19(2)31(18)42/h9-12,16,18-19,26-27,31,40,42H,7-8,13-15,17H2,1-6H3/t18-,19+,26-,27+,31+/m0/s1. The minimum Gasteiger partial charge on any atom is -0.457 e. The maximum atomic E-state index is 13.5. The number of aromatic nitrogens is 4. The lowest BCUT2D eigenvalue weighted by molar-refractivity contribution is -0.383. The molecule has 0 bridgehead atoms. The van der Waals surface area contributed by atoms with Gasteiger partial charge >= 0.3 is 11.7 Å². The van der Waals surface area contributed by atoms with Crippen LogP contribution in [0, 0.1) is 34.3 Å². The van der Waals surface area contributed by atoms with Crippen LogP contribution in [0.3, 0.4) is 0 Å². The summed E-state index contributed by atoms with van der Waals surface area (Å²) in [6.45, 7) is 9.39. The Labute approximate surface area is 271 Å². The number of nitrogens with zero attached hydrogens (tertiary/aromatic N) is 6. The van der Waals surface area contributed by atoms with Crippen LogP contribution in [0.5, 0.6) is 0 Å². The first-order valence-corrected chi connectivity index (χ1v) is 15.9. The molecule has 14 nitrogen and oxygen atoms in total. The van der Waals surface area contributed by atoms with E-state index in [1.807, 2.05) is 48.6 Å². The Morgan fingerprint density at radius 1 is 1.04 bits per heavy atom. The van der Waals surface area contributed by atoms with Crippen molar-refractivity contribution >= 4 is 45.2 Å². The zero-order valence-corrected chi connectivity index (χ0v) is 27.5. The number of rotatable bonds is 3. The number of nitro groups is 1. The third-order valence-electron chi connectivity index (χ3n) is 9.77. The van der Waals surface area contributed by atoms with Crippen molar-refractivity contribution in [2.24, 2.45) is 24.3 Å². The monoisotopic (exact) mass is 650 g/mol. The molecule has 0 radical (unpaired) electrons. The highest BCUT2D eigenvalue weighted by atomic mass is 16.6. The van der Waals surface area contributed by atoms with Crippen molar-refractivity contribution in [3.8, 4) is 0 Å². The number of ketones is 1. The predicted octanol–water partition coefficient (Wildman–Crippen LogP) is 4.58. The van der Waals surface area contributed by atoms with Crippen molar-refractivity contribution in [3.05, 3.63) is 51.8 Å². The van der Waals surface area contributed by atoms with Gasteiger partial charge in [-0.15, -0.1) is 0 Å². The molecule has 0 spiro atoms. The van der Waals surface area contributed by atoms with Gasteiger partial charge in [-0.25, -0.2) is 9.61 Å². The summed E-state index contributed by atoms with van der Waals surface area (Å²) in [6.07, 6.45) is -2.01. The number of carbonyl (C=O) groups is 2. The number of imidazole rings is 1. The Balaban J connectivity index is 1.54. The van der Waals surface area contributed by atoms with E-state index in [-0.39, 0.29) is 28.4 Å². The number of non-ortho nitro benzene ring substituents is 1. The summed E-state index contributed by atoms with van der Waals surface area (Å²) in [5, 5.41) is 41.7. The van der Waals surface area contributed by atoms with E-state index in [2.05, 4.69) is 15.3 Å². The third-order valence-corrected chi connectivity index (χ3v) is 9.77. The molecule has 252 valence electrons. The lowest BCUT2D eigenvalue weighted by Crippen LogP contribution is -2.45. The van der Waals surface area contributed by atoms with Gasteiger partial charge in [-0.2, -0.15) is 0 Å². The molecular formula is C33H42N6O8. The molecule has 1 aliphatic rings. The molecule has 14 heteroatoms. The molecule has 1 aliphatic heterocycles. The molecule has 47 heavy (non-hydrogen) atoms. The van der Waals surface area contributed by atoms with E-state index >= 15 is 0 Å². The number of Topliss-reactive ketones (excluding diaryl/α,β-unsaturated/α-hetero) is 1. The van der Waals surface area contributed by atoms with E-state index in [4.69, 9.17) is 9.37 Å². The fraction of sp³-hybridized carbons (Fsp3) is 0.545. The van der Waals surface area contributed by atoms with Crippen molar-refractivity contribution in [2.75, 3.05) is 18.0 Å². The van der Waals surface area contributed by atoms with Crippen LogP contribution in [-0.2, 0) is 21.4 Å². The van der Waals surface area contributed by atoms with E-state index in [9.17, 15) is 29.9 Å². The molecule has 2 aromatic heterocycles. The summed E-state index contributed by atoms with van der Waals surface area (Å²) >= 11 is 0. The Hall–Kier alpha value is -4.43. The number of fused-ring (bicyclic) bond motifs is 2. The number of esters is 1. The van der Waals surface area contributed by atoms with Crippen LogP contribution in [0.1, 0.15) is 70.9 Å². The van der Waals surface area contributed by atoms with Crippen molar-refractivity contribution < 1.29 is 34.1 Å². The van der Waals surface area contributed by atoms with Crippen LogP contribution < -0.4 is 4.90 Å². The smallest absolute Gasteiger partial charge is 0.309 e. The second kappa shape index (κ2) is 13.4. The highest BCUT2D eigenvalue weighted by molar-refractivity contribution is 5.94. The number of cyclic esters (lactones) is 1. The lowest BCUT2D eigenvalue weighted by atomic mass is 9.73. The quantitative estimate of drug-likeness (QED) is 0.179. The number of nitro benzene ring substituents is 1. The van der Waals surface area contributed by atoms with Crippen molar-refractivity contribution in [1.29, 1.82) is 0 Å². The highest BCUT2D eigenvalue weighted by Gasteiger charge is 2.42. The number of carbonyl (C=O) groups excluding carboxylic acids is 2. The summed E-state index contributed by atoms with van der Waals surface area (Å²) in [6, 6.07) is 8.64. The van der Waals surface area contributed by atoms with Crippen molar-refractivity contribution in [3.63, 3.8) is 0 Å². The summed E-state index contributed by atoms with van der Waals surface area (Å²) in [5.41, 5.74) is 1.63. The Morgan fingerprint density at radius 2 is 1.77 bits per heavy atom. The Morgan fingerprint density at radius 3 is 2.49 bits per heavy atom. The summed E-state index contributed by atoms with van der Waals surface area (Å²) in [7, 11) is 1.92. The minimum absolute atomic E-state index is 0.0197. The van der Waals surface area contributed by atoms with Crippen molar-refractivity contribution in [1.82, 2.24) is 19.9 Å². The number of hydrogen-bond donors (Lipinski definition) is 2. The Bertz CT molecular complexity index is 1800. The van der Waals surface area contributed by atoms with Gasteiger partial charge in [0.2, 0.25) is 5.52 Å². The maximum absolute atomic E-state index is 13.5. The number of hydrogen-bond acceptors (Lipinski definition) is 12. The summed E-state index contributed by atoms with van der Waals surface area (Å²) < 4.78 is 12.9. The van der Waals surface area contributed by atoms with Gasteiger partial charge in [0.1, 0.15) is 17.7 Å². The zero-order chi connectivity index (χ0) is 34.2. The Kier molecular flexibility index (Phi) is 9.64. The van der Waals surface area contributed by atoms with Crippen LogP contribution in [0.4, 0.5) is 11.4 Å². The second-order valence-electron chi connectivity index (χ2n) is 13.2. The predicted molar refractivity (Wildman–Crippen MR) is 173 cm³/mol. The van der Waals surface area contributed by atoms with Gasteiger partial charge < -0.3 is 24.4 Å². The second-order valence-corrected chi connectivity index (χ2v) is 13.2. The summed E-state index contributed by atoms with van der Waals surface area (Å²) in [4.78, 5) is 44.7. The fourth-order valence-electron chi connectivity index (χ4n) is 6.49. The van der Waals surface area contributed by atoms with Crippen LogP contribution >= 0.6 is 0 Å². The van der Waals surface area contributed by atoms with Crippen LogP contribution in [0.25, 0.3) is 22.1 Å². The third kappa shape index (κ3) is 6.70. The molecule has 0 aliphatic carbocycles. The van der Waals surface area contributed by atoms with Gasteiger partial charge in [-0.3, -0.25) is 19.7 Å². The molecule has 1 saturated heterocycles. The molecular weight excluding hydrogens is 608 g/mol. The zero-order valence-electron chi connectivity index (χ0n) is 27.5. The first kappa shape index (κ1) is 33.9. The van der Waals surface area contributed by atoms with Crippen molar-refractivity contribution in [2.45, 2.75) is 78.6 Å². The molecule has 0 amide bonds. The average molecular weight is 651 g/mol. The van der Waals surface area contributed by atoms with Gasteiger partial charge in [-0.05, 0) is 59.8 Å². The molecule has 2 N–H and O–H groups in total. The van der Waals surface area contributed by atoms with Crippen LogP contribution in [0.15, 0.2) is 35.0 Å². The number of aliphatic hydroxyl groups is 2. The molecule has 0 unspecified atom stereocenters. The fourth-order valence-corrected chi connectivity index (χ4v) is 6.49. The topological polar surface area (TPSA) is 187 Å². The van der Waals surface area contributed by atoms with Gasteiger partial charge in [0, 0.05) is 38.5 Å². The first-order chi connectivity index (χ1) is 22.2. The van der Waals surface area contributed by atoms with E-state index in [0.29, 0.717) is 43.6 Å². The average Bonchev–Trinajstić information content (AvgIpc) is 3.63. The van der Waals surface area contributed by atoms with Gasteiger partial charge in [0.15, 0.2) is 5.52 Å². The van der Waals surface area contributed by atoms with E-state index in [0.717, 1.165) is 16.9 Å². The molecule has 2 aromatic carbocycles. The largest absolute Gasteiger partial charge is 0.457 e. The molecule has 0 saturated carbocycles. The minimum atomic E-state index is -1.34. The van der Waals surface area contributed by atoms with E-state index < -0.39 is 47.0 Å². The molecule has 1 fully saturated rings. The highest BCUT2D eigenvalue weighted by Crippen LogP contribution is 2.35. The van der Waals surface area contributed by atoms with E-state index in [1.165, 1.54) is 6.07 Å². The number of aryl methyl sites for hydroxylation is 2.